The highest BCUT2D eigenvalue weighted by Gasteiger charge is 2.13. The first-order chi connectivity index (χ1) is 14.0. The number of anilines is 1. The van der Waals surface area contributed by atoms with E-state index in [1.54, 1.807) is 19.2 Å². The molecule has 0 bridgehead atoms. The molecule has 0 spiro atoms. The molecule has 1 heterocycles. The van der Waals surface area contributed by atoms with Crippen molar-refractivity contribution in [3.8, 4) is 5.75 Å². The van der Waals surface area contributed by atoms with Crippen LogP contribution in [-0.2, 0) is 6.54 Å². The molecule has 2 N–H and O–H groups in total. The van der Waals surface area contributed by atoms with E-state index in [-0.39, 0.29) is 23.6 Å². The molecule has 1 aromatic heterocycles. The minimum Gasteiger partial charge on any atom is -0.497 e. The van der Waals surface area contributed by atoms with Crippen LogP contribution >= 0.6 is 0 Å². The molecule has 0 radical (unpaired) electrons. The minimum absolute atomic E-state index is 0.0353. The highest BCUT2D eigenvalue weighted by molar-refractivity contribution is 6.03. The molecule has 148 valence electrons. The molecule has 0 fully saturated rings. The van der Waals surface area contributed by atoms with E-state index in [0.29, 0.717) is 5.75 Å². The van der Waals surface area contributed by atoms with E-state index in [4.69, 9.17) is 4.74 Å². The number of aromatic nitrogens is 1. The van der Waals surface area contributed by atoms with Crippen LogP contribution in [0.4, 0.5) is 14.5 Å². The summed E-state index contributed by atoms with van der Waals surface area (Å²) in [6.45, 7) is 0.274. The highest BCUT2D eigenvalue weighted by atomic mass is 19.2. The third-order valence-corrected chi connectivity index (χ3v) is 4.00. The number of amides is 2. The van der Waals surface area contributed by atoms with Gasteiger partial charge in [0.05, 0.1) is 7.11 Å². The van der Waals surface area contributed by atoms with Crippen molar-refractivity contribution < 1.29 is 23.1 Å². The second-order valence-electron chi connectivity index (χ2n) is 6.02. The number of pyridine rings is 1. The van der Waals surface area contributed by atoms with Crippen molar-refractivity contribution in [1.29, 1.82) is 0 Å². The molecule has 0 atom stereocenters. The van der Waals surface area contributed by atoms with E-state index in [2.05, 4.69) is 15.6 Å². The normalized spacial score (nSPS) is 10.3. The number of halogens is 2. The van der Waals surface area contributed by atoms with Crippen LogP contribution in [0.25, 0.3) is 0 Å². The number of nitrogens with zero attached hydrogens (tertiary/aromatic N) is 1. The third kappa shape index (κ3) is 5.13. The fraction of sp³-hybridized carbons (Fsp3) is 0.0952. The van der Waals surface area contributed by atoms with Gasteiger partial charge in [-0.3, -0.25) is 9.59 Å². The zero-order valence-electron chi connectivity index (χ0n) is 15.4. The van der Waals surface area contributed by atoms with E-state index in [0.717, 1.165) is 17.7 Å². The van der Waals surface area contributed by atoms with Gasteiger partial charge in [-0.25, -0.2) is 13.8 Å². The van der Waals surface area contributed by atoms with Gasteiger partial charge in [0.25, 0.3) is 11.8 Å². The number of benzene rings is 2. The summed E-state index contributed by atoms with van der Waals surface area (Å²) in [5.41, 5.74) is 0.958. The molecule has 0 saturated heterocycles. The van der Waals surface area contributed by atoms with Crippen molar-refractivity contribution in [3.05, 3.63) is 89.2 Å². The van der Waals surface area contributed by atoms with E-state index >= 15 is 0 Å². The second kappa shape index (κ2) is 8.92. The second-order valence-corrected chi connectivity index (χ2v) is 6.02. The van der Waals surface area contributed by atoms with Crippen molar-refractivity contribution in [2.45, 2.75) is 6.54 Å². The van der Waals surface area contributed by atoms with Crippen LogP contribution < -0.4 is 15.4 Å². The SMILES string of the molecule is COc1ccc(CNC(=O)c2cccc(C(=O)Nc3ccc(F)c(F)c3)n2)cc1. The van der Waals surface area contributed by atoms with Crippen molar-refractivity contribution in [2.24, 2.45) is 0 Å². The molecular formula is C21H17F2N3O3. The maximum Gasteiger partial charge on any atom is 0.274 e. The molecule has 3 rings (SSSR count). The van der Waals surface area contributed by atoms with Crippen LogP contribution in [0.5, 0.6) is 5.75 Å². The number of carbonyl (C=O) groups excluding carboxylic acids is 2. The molecular weight excluding hydrogens is 380 g/mol. The lowest BCUT2D eigenvalue weighted by atomic mass is 10.2. The molecule has 6 nitrogen and oxygen atoms in total. The van der Waals surface area contributed by atoms with Crippen LogP contribution in [-0.4, -0.2) is 23.9 Å². The number of hydrogen-bond acceptors (Lipinski definition) is 4. The van der Waals surface area contributed by atoms with Gasteiger partial charge in [-0.15, -0.1) is 0 Å². The third-order valence-electron chi connectivity index (χ3n) is 4.00. The van der Waals surface area contributed by atoms with Gasteiger partial charge in [0.15, 0.2) is 11.6 Å². The summed E-state index contributed by atoms with van der Waals surface area (Å²) in [7, 11) is 1.57. The van der Waals surface area contributed by atoms with Crippen molar-refractivity contribution in [3.63, 3.8) is 0 Å². The fourth-order valence-corrected chi connectivity index (χ4v) is 2.47. The Morgan fingerprint density at radius 2 is 1.62 bits per heavy atom. The van der Waals surface area contributed by atoms with Gasteiger partial charge in [-0.2, -0.15) is 0 Å². The average Bonchev–Trinajstić information content (AvgIpc) is 2.75. The van der Waals surface area contributed by atoms with Gasteiger partial charge in [0.2, 0.25) is 0 Å². The summed E-state index contributed by atoms with van der Waals surface area (Å²) in [6.07, 6.45) is 0. The predicted octanol–water partition coefficient (Wildman–Crippen LogP) is 3.55. The molecule has 0 aliphatic carbocycles. The number of carbonyl (C=O) groups is 2. The van der Waals surface area contributed by atoms with Crippen LogP contribution in [0.15, 0.2) is 60.7 Å². The van der Waals surface area contributed by atoms with Gasteiger partial charge < -0.3 is 15.4 Å². The molecule has 8 heteroatoms. The standard InChI is InChI=1S/C21H17F2N3O3/c1-29-15-8-5-13(6-9-15)12-24-20(27)18-3-2-4-19(26-18)21(28)25-14-7-10-16(22)17(23)11-14/h2-11H,12H2,1H3,(H,24,27)(H,25,28). The van der Waals surface area contributed by atoms with Gasteiger partial charge in [0.1, 0.15) is 17.1 Å². The molecule has 0 unspecified atom stereocenters. The Labute approximate surface area is 165 Å². The predicted molar refractivity (Wildman–Crippen MR) is 103 cm³/mol. The van der Waals surface area contributed by atoms with Crippen LogP contribution in [0.2, 0.25) is 0 Å². The summed E-state index contributed by atoms with van der Waals surface area (Å²) in [6, 6.07) is 14.6. The number of rotatable bonds is 6. The smallest absolute Gasteiger partial charge is 0.274 e. The maximum absolute atomic E-state index is 13.3. The molecule has 2 amide bonds. The summed E-state index contributed by atoms with van der Waals surface area (Å²) in [5.74, 6) is -2.50. The summed E-state index contributed by atoms with van der Waals surface area (Å²) < 4.78 is 31.3. The van der Waals surface area contributed by atoms with Gasteiger partial charge in [-0.1, -0.05) is 18.2 Å². The Bertz CT molecular complexity index is 1040. The molecule has 2 aromatic carbocycles. The quantitative estimate of drug-likeness (QED) is 0.667. The molecule has 0 aliphatic heterocycles. The summed E-state index contributed by atoms with van der Waals surface area (Å²) in [4.78, 5) is 28.7. The first-order valence-corrected chi connectivity index (χ1v) is 8.61. The number of nitrogens with one attached hydrogen (secondary N) is 2. The fourth-order valence-electron chi connectivity index (χ4n) is 2.47. The van der Waals surface area contributed by atoms with E-state index in [9.17, 15) is 18.4 Å². The summed E-state index contributed by atoms with van der Waals surface area (Å²) >= 11 is 0. The van der Waals surface area contributed by atoms with Crippen molar-refractivity contribution in [1.82, 2.24) is 10.3 Å². The van der Waals surface area contributed by atoms with Crippen LogP contribution in [0.3, 0.4) is 0 Å². The highest BCUT2D eigenvalue weighted by Crippen LogP contribution is 2.14. The number of ether oxygens (including phenoxy) is 1. The van der Waals surface area contributed by atoms with E-state index in [1.807, 2.05) is 12.1 Å². The lowest BCUT2D eigenvalue weighted by molar-refractivity contribution is 0.0945. The van der Waals surface area contributed by atoms with Crippen LogP contribution in [0, 0.1) is 11.6 Å². The zero-order valence-corrected chi connectivity index (χ0v) is 15.4. The van der Waals surface area contributed by atoms with Gasteiger partial charge in [0, 0.05) is 18.3 Å². The molecule has 29 heavy (non-hydrogen) atoms. The van der Waals surface area contributed by atoms with E-state index < -0.39 is 23.4 Å². The molecule has 3 aromatic rings. The lowest BCUT2D eigenvalue weighted by Gasteiger charge is -2.08. The van der Waals surface area contributed by atoms with E-state index in [1.165, 1.54) is 24.3 Å². The lowest BCUT2D eigenvalue weighted by Crippen LogP contribution is -2.25. The average molecular weight is 397 g/mol. The zero-order chi connectivity index (χ0) is 20.8. The number of hydrogen-bond donors (Lipinski definition) is 2. The monoisotopic (exact) mass is 397 g/mol. The maximum atomic E-state index is 13.3. The minimum atomic E-state index is -1.08. The van der Waals surface area contributed by atoms with Crippen LogP contribution in [0.1, 0.15) is 26.5 Å². The Morgan fingerprint density at radius 3 is 2.28 bits per heavy atom. The Hall–Kier alpha value is -3.81. The number of methoxy groups -OCH3 is 1. The molecule has 0 aliphatic rings. The Kier molecular flexibility index (Phi) is 6.13. The topological polar surface area (TPSA) is 80.3 Å². The Balaban J connectivity index is 1.64. The van der Waals surface area contributed by atoms with Crippen molar-refractivity contribution in [2.75, 3.05) is 12.4 Å². The Morgan fingerprint density at radius 1 is 0.931 bits per heavy atom. The summed E-state index contributed by atoms with van der Waals surface area (Å²) in [5, 5.41) is 5.13. The first kappa shape index (κ1) is 19.9. The largest absolute Gasteiger partial charge is 0.497 e. The molecule has 0 saturated carbocycles. The van der Waals surface area contributed by atoms with Crippen molar-refractivity contribution >= 4 is 17.5 Å². The van der Waals surface area contributed by atoms with Gasteiger partial charge >= 0.3 is 0 Å². The van der Waals surface area contributed by atoms with Gasteiger partial charge in [-0.05, 0) is 42.0 Å². The first-order valence-electron chi connectivity index (χ1n) is 8.61.